The van der Waals surface area contributed by atoms with Gasteiger partial charge in [-0.25, -0.2) is 4.79 Å². The van der Waals surface area contributed by atoms with E-state index in [-0.39, 0.29) is 6.61 Å². The number of hydrogen-bond acceptors (Lipinski definition) is 4. The summed E-state index contributed by atoms with van der Waals surface area (Å²) in [7, 11) is 0. The Kier molecular flexibility index (Phi) is 9.43. The number of carbonyl (C=O) groups is 2. The molecule has 2 N–H and O–H groups in total. The van der Waals surface area contributed by atoms with E-state index >= 15 is 0 Å². The lowest BCUT2D eigenvalue weighted by Gasteiger charge is -2.32. The third kappa shape index (κ3) is 6.49. The summed E-state index contributed by atoms with van der Waals surface area (Å²) >= 11 is 0. The maximum Gasteiger partial charge on any atom is 0.344 e. The number of primary amides is 1. The standard InChI is InChI=1S/C27H41NO4/c1-3-5-6-7-8-9-11-19-14-15-21-17-23-20(16-22(19)21)12-10-13-25(23)31-18-26(29)32-24(4-2)27(28)30/h10,12-13,19,21-22,24H,3-9,11,14-18H2,1-2H3,(H2,28,30)/t19-,21+,22+,24?/m0/s1. The van der Waals surface area contributed by atoms with Crippen LogP contribution in [0.5, 0.6) is 5.75 Å². The van der Waals surface area contributed by atoms with Crippen molar-refractivity contribution in [1.29, 1.82) is 0 Å². The molecule has 4 atom stereocenters. The first kappa shape index (κ1) is 24.6. The van der Waals surface area contributed by atoms with Crippen LogP contribution < -0.4 is 10.5 Å². The fourth-order valence-corrected chi connectivity index (χ4v) is 5.73. The van der Waals surface area contributed by atoms with Gasteiger partial charge in [0.25, 0.3) is 5.91 Å². The molecule has 0 spiro atoms. The van der Waals surface area contributed by atoms with Gasteiger partial charge in [-0.2, -0.15) is 0 Å². The highest BCUT2D eigenvalue weighted by Crippen LogP contribution is 2.48. The van der Waals surface area contributed by atoms with Gasteiger partial charge in [0.1, 0.15) is 5.75 Å². The Morgan fingerprint density at radius 1 is 1.06 bits per heavy atom. The summed E-state index contributed by atoms with van der Waals surface area (Å²) < 4.78 is 11.0. The number of benzene rings is 1. The molecule has 0 aromatic heterocycles. The normalized spacial score (nSPS) is 22.6. The molecule has 0 saturated heterocycles. The van der Waals surface area contributed by atoms with E-state index in [0.717, 1.165) is 36.3 Å². The average molecular weight is 444 g/mol. The van der Waals surface area contributed by atoms with Crippen molar-refractivity contribution in [2.45, 2.75) is 97.0 Å². The molecule has 1 aromatic carbocycles. The molecular formula is C27H41NO4. The van der Waals surface area contributed by atoms with Gasteiger partial charge in [-0.15, -0.1) is 0 Å². The number of hydrogen-bond donors (Lipinski definition) is 1. The first-order valence-electron chi connectivity index (χ1n) is 12.8. The zero-order valence-corrected chi connectivity index (χ0v) is 19.9. The van der Waals surface area contributed by atoms with Crippen molar-refractivity contribution in [3.8, 4) is 5.75 Å². The molecule has 1 saturated carbocycles. The van der Waals surface area contributed by atoms with Crippen LogP contribution in [0.1, 0.15) is 89.2 Å². The largest absolute Gasteiger partial charge is 0.482 e. The minimum absolute atomic E-state index is 0.199. The van der Waals surface area contributed by atoms with E-state index in [0.29, 0.717) is 6.42 Å². The second kappa shape index (κ2) is 12.3. The monoisotopic (exact) mass is 443 g/mol. The molecule has 0 aliphatic heterocycles. The lowest BCUT2D eigenvalue weighted by atomic mass is 9.73. The van der Waals surface area contributed by atoms with E-state index in [9.17, 15) is 9.59 Å². The Morgan fingerprint density at radius 2 is 1.84 bits per heavy atom. The van der Waals surface area contributed by atoms with Crippen LogP contribution in [0.3, 0.4) is 0 Å². The second-order valence-electron chi connectivity index (χ2n) is 9.70. The van der Waals surface area contributed by atoms with Crippen molar-refractivity contribution in [3.05, 3.63) is 29.3 Å². The molecule has 2 aliphatic rings. The number of carbonyl (C=O) groups excluding carboxylic acids is 2. The molecule has 5 nitrogen and oxygen atoms in total. The smallest absolute Gasteiger partial charge is 0.344 e. The number of fused-ring (bicyclic) bond motifs is 2. The Balaban J connectivity index is 1.53. The number of unbranched alkanes of at least 4 members (excludes halogenated alkanes) is 5. The Hall–Kier alpha value is -2.04. The van der Waals surface area contributed by atoms with Crippen molar-refractivity contribution in [3.63, 3.8) is 0 Å². The molecule has 1 fully saturated rings. The van der Waals surface area contributed by atoms with E-state index in [4.69, 9.17) is 15.2 Å². The summed E-state index contributed by atoms with van der Waals surface area (Å²) in [5.74, 6) is 1.98. The van der Waals surface area contributed by atoms with Gasteiger partial charge in [0, 0.05) is 0 Å². The van der Waals surface area contributed by atoms with Crippen LogP contribution in [0.2, 0.25) is 0 Å². The minimum atomic E-state index is -0.890. The molecule has 1 amide bonds. The van der Waals surface area contributed by atoms with Crippen molar-refractivity contribution >= 4 is 11.9 Å². The lowest BCUT2D eigenvalue weighted by molar-refractivity contribution is -0.156. The van der Waals surface area contributed by atoms with Gasteiger partial charge >= 0.3 is 5.97 Å². The maximum absolute atomic E-state index is 12.1. The predicted octanol–water partition coefficient (Wildman–Crippen LogP) is 5.36. The minimum Gasteiger partial charge on any atom is -0.482 e. The lowest BCUT2D eigenvalue weighted by Crippen LogP contribution is -2.34. The van der Waals surface area contributed by atoms with Crippen LogP contribution in [0.4, 0.5) is 0 Å². The highest BCUT2D eigenvalue weighted by molar-refractivity contribution is 5.82. The fourth-order valence-electron chi connectivity index (χ4n) is 5.73. The van der Waals surface area contributed by atoms with E-state index < -0.39 is 18.0 Å². The van der Waals surface area contributed by atoms with Crippen LogP contribution in [-0.2, 0) is 27.2 Å². The summed E-state index contributed by atoms with van der Waals surface area (Å²) in [6, 6.07) is 6.19. The van der Waals surface area contributed by atoms with E-state index in [1.807, 2.05) is 12.1 Å². The first-order chi connectivity index (χ1) is 15.5. The summed E-state index contributed by atoms with van der Waals surface area (Å²) in [6.45, 7) is 3.83. The number of nitrogens with two attached hydrogens (primary N) is 1. The number of rotatable bonds is 13. The quantitative estimate of drug-likeness (QED) is 0.329. The van der Waals surface area contributed by atoms with Crippen molar-refractivity contribution < 1.29 is 19.1 Å². The second-order valence-corrected chi connectivity index (χ2v) is 9.70. The molecule has 5 heteroatoms. The summed E-state index contributed by atoms with van der Waals surface area (Å²) in [6.07, 6.45) is 13.9. The molecule has 1 aromatic rings. The van der Waals surface area contributed by atoms with Gasteiger partial charge in [-0.1, -0.05) is 70.9 Å². The van der Waals surface area contributed by atoms with E-state index in [2.05, 4.69) is 13.0 Å². The first-order valence-corrected chi connectivity index (χ1v) is 12.8. The number of ether oxygens (including phenoxy) is 2. The van der Waals surface area contributed by atoms with Gasteiger partial charge in [0.15, 0.2) is 12.7 Å². The van der Waals surface area contributed by atoms with Gasteiger partial charge in [0.05, 0.1) is 0 Å². The van der Waals surface area contributed by atoms with Crippen LogP contribution in [0.15, 0.2) is 18.2 Å². The summed E-state index contributed by atoms with van der Waals surface area (Å²) in [5.41, 5.74) is 7.88. The van der Waals surface area contributed by atoms with Crippen LogP contribution >= 0.6 is 0 Å². The molecule has 2 aliphatic carbocycles. The van der Waals surface area contributed by atoms with Crippen LogP contribution in [0.25, 0.3) is 0 Å². The van der Waals surface area contributed by atoms with Crippen molar-refractivity contribution in [2.24, 2.45) is 23.5 Å². The Morgan fingerprint density at radius 3 is 2.59 bits per heavy atom. The van der Waals surface area contributed by atoms with Gasteiger partial charge in [-0.3, -0.25) is 4.79 Å². The number of esters is 1. The van der Waals surface area contributed by atoms with Crippen molar-refractivity contribution in [1.82, 2.24) is 0 Å². The van der Waals surface area contributed by atoms with Crippen molar-refractivity contribution in [2.75, 3.05) is 6.61 Å². The molecule has 0 radical (unpaired) electrons. The van der Waals surface area contributed by atoms with Crippen LogP contribution in [-0.4, -0.2) is 24.6 Å². The molecule has 0 bridgehead atoms. The molecule has 0 heterocycles. The predicted molar refractivity (Wildman–Crippen MR) is 126 cm³/mol. The fraction of sp³-hybridized carbons (Fsp3) is 0.704. The highest BCUT2D eigenvalue weighted by atomic mass is 16.6. The molecule has 3 rings (SSSR count). The maximum atomic E-state index is 12.1. The summed E-state index contributed by atoms with van der Waals surface area (Å²) in [5, 5.41) is 0. The van der Waals surface area contributed by atoms with E-state index in [1.165, 1.54) is 68.9 Å². The molecule has 32 heavy (non-hydrogen) atoms. The third-order valence-corrected chi connectivity index (χ3v) is 7.51. The van der Waals surface area contributed by atoms with Gasteiger partial charge < -0.3 is 15.2 Å². The molecule has 1 unspecified atom stereocenters. The topological polar surface area (TPSA) is 78.6 Å². The average Bonchev–Trinajstić information content (AvgIpc) is 3.18. The zero-order valence-electron chi connectivity index (χ0n) is 19.9. The SMILES string of the molecule is CCCCCCCC[C@H]1CC[C@@H]2Cc3c(cccc3OCC(=O)OC(CC)C(N)=O)C[C@H]12. The Labute approximate surface area is 193 Å². The van der Waals surface area contributed by atoms with E-state index in [1.54, 1.807) is 6.92 Å². The summed E-state index contributed by atoms with van der Waals surface area (Å²) in [4.78, 5) is 23.4. The van der Waals surface area contributed by atoms with Gasteiger partial charge in [-0.05, 0) is 67.1 Å². The third-order valence-electron chi connectivity index (χ3n) is 7.51. The Bertz CT molecular complexity index is 762. The number of amides is 1. The highest BCUT2D eigenvalue weighted by Gasteiger charge is 2.39. The molecule has 178 valence electrons. The zero-order chi connectivity index (χ0) is 22.9. The molecular weight excluding hydrogens is 402 g/mol. The van der Waals surface area contributed by atoms with Gasteiger partial charge in [0.2, 0.25) is 0 Å². The van der Waals surface area contributed by atoms with Crippen LogP contribution in [0, 0.1) is 17.8 Å².